The maximum atomic E-state index is 12.3. The summed E-state index contributed by atoms with van der Waals surface area (Å²) in [7, 11) is 0. The van der Waals surface area contributed by atoms with Gasteiger partial charge in [-0.1, -0.05) is 0 Å². The molecule has 21 heavy (non-hydrogen) atoms. The molecule has 2 aromatic heterocycles. The molecule has 1 saturated carbocycles. The van der Waals surface area contributed by atoms with Gasteiger partial charge >= 0.3 is 0 Å². The van der Waals surface area contributed by atoms with Crippen LogP contribution in [0.4, 0.5) is 0 Å². The van der Waals surface area contributed by atoms with E-state index in [0.29, 0.717) is 23.2 Å². The fourth-order valence-electron chi connectivity index (χ4n) is 3.45. The second-order valence-electron chi connectivity index (χ2n) is 5.88. The number of nitriles is 1. The lowest BCUT2D eigenvalue weighted by Crippen LogP contribution is -2.48. The lowest BCUT2D eigenvalue weighted by molar-refractivity contribution is 0.0923. The number of amides is 1. The molecule has 2 aromatic rings. The Bertz CT molecular complexity index is 759. The number of rotatable bonds is 2. The quantitative estimate of drug-likeness (QED) is 0.848. The zero-order valence-corrected chi connectivity index (χ0v) is 11.4. The molecule has 1 saturated heterocycles. The molecule has 6 heteroatoms. The highest BCUT2D eigenvalue weighted by atomic mass is 16.2. The van der Waals surface area contributed by atoms with Crippen LogP contribution < -0.4 is 10.6 Å². The molecule has 1 aliphatic heterocycles. The van der Waals surface area contributed by atoms with E-state index in [1.807, 2.05) is 0 Å². The lowest BCUT2D eigenvalue weighted by atomic mass is 10.1. The SMILES string of the molecule is N#Cc1cc2cc(C(=O)NC3CC4CNC3C4)ncn2c1. The molecule has 3 unspecified atom stereocenters. The first kappa shape index (κ1) is 12.4. The molecule has 106 valence electrons. The van der Waals surface area contributed by atoms with E-state index in [9.17, 15) is 4.79 Å². The van der Waals surface area contributed by atoms with Crippen LogP contribution in [0.25, 0.3) is 5.52 Å². The number of carbonyl (C=O) groups is 1. The van der Waals surface area contributed by atoms with Gasteiger partial charge < -0.3 is 15.0 Å². The van der Waals surface area contributed by atoms with Gasteiger partial charge in [0.05, 0.1) is 11.1 Å². The van der Waals surface area contributed by atoms with Crippen LogP contribution in [0.3, 0.4) is 0 Å². The second-order valence-corrected chi connectivity index (χ2v) is 5.88. The van der Waals surface area contributed by atoms with Crippen molar-refractivity contribution in [2.24, 2.45) is 5.92 Å². The number of piperidine rings is 1. The molecule has 0 radical (unpaired) electrons. The van der Waals surface area contributed by atoms with Crippen molar-refractivity contribution in [3.8, 4) is 6.07 Å². The summed E-state index contributed by atoms with van der Waals surface area (Å²) in [6.45, 7) is 1.07. The Morgan fingerprint density at radius 2 is 2.38 bits per heavy atom. The van der Waals surface area contributed by atoms with Gasteiger partial charge in [0.2, 0.25) is 0 Å². The normalized spacial score (nSPS) is 26.9. The van der Waals surface area contributed by atoms with E-state index in [0.717, 1.165) is 24.9 Å². The molecular weight excluding hydrogens is 266 g/mol. The monoisotopic (exact) mass is 281 g/mol. The van der Waals surface area contributed by atoms with E-state index in [-0.39, 0.29) is 11.9 Å². The molecule has 3 atom stereocenters. The fourth-order valence-corrected chi connectivity index (χ4v) is 3.45. The van der Waals surface area contributed by atoms with Crippen LogP contribution in [0.1, 0.15) is 28.9 Å². The van der Waals surface area contributed by atoms with E-state index < -0.39 is 0 Å². The number of carbonyl (C=O) groups excluding carboxylic acids is 1. The van der Waals surface area contributed by atoms with Gasteiger partial charge in [-0.3, -0.25) is 4.79 Å². The van der Waals surface area contributed by atoms with E-state index >= 15 is 0 Å². The third kappa shape index (κ3) is 2.06. The molecule has 6 nitrogen and oxygen atoms in total. The lowest BCUT2D eigenvalue weighted by Gasteiger charge is -2.23. The topological polar surface area (TPSA) is 82.2 Å². The molecule has 2 aliphatic rings. The Balaban J connectivity index is 1.55. The van der Waals surface area contributed by atoms with E-state index in [1.54, 1.807) is 29.1 Å². The van der Waals surface area contributed by atoms with Gasteiger partial charge in [0.1, 0.15) is 18.1 Å². The number of nitrogens with zero attached hydrogens (tertiary/aromatic N) is 3. The van der Waals surface area contributed by atoms with Gasteiger partial charge in [-0.25, -0.2) is 4.98 Å². The van der Waals surface area contributed by atoms with Crippen LogP contribution in [0.5, 0.6) is 0 Å². The molecular formula is C15H15N5O. The molecule has 1 amide bonds. The average molecular weight is 281 g/mol. The van der Waals surface area contributed by atoms with Gasteiger partial charge in [0, 0.05) is 18.3 Å². The van der Waals surface area contributed by atoms with Crippen LogP contribution in [0.15, 0.2) is 24.7 Å². The van der Waals surface area contributed by atoms with Crippen LogP contribution in [-0.2, 0) is 0 Å². The number of aromatic nitrogens is 2. The Labute approximate surface area is 121 Å². The smallest absolute Gasteiger partial charge is 0.270 e. The molecule has 0 aromatic carbocycles. The summed E-state index contributed by atoms with van der Waals surface area (Å²) in [4.78, 5) is 16.5. The largest absolute Gasteiger partial charge is 0.346 e. The molecule has 3 heterocycles. The molecule has 1 aliphatic carbocycles. The number of hydrogen-bond donors (Lipinski definition) is 2. The average Bonchev–Trinajstić information content (AvgIpc) is 3.20. The standard InChI is InChI=1S/C15H15N5O/c16-5-10-1-11-4-14(18-8-20(11)7-10)15(21)19-13-3-9-2-12(13)17-6-9/h1,4,7-9,12-13,17H,2-3,6H2,(H,19,21). The Hall–Kier alpha value is -2.39. The summed E-state index contributed by atoms with van der Waals surface area (Å²) in [6.07, 6.45) is 5.48. The van der Waals surface area contributed by atoms with Crippen molar-refractivity contribution in [1.29, 1.82) is 5.26 Å². The third-order valence-corrected chi connectivity index (χ3v) is 4.49. The highest BCUT2D eigenvalue weighted by Gasteiger charge is 2.40. The van der Waals surface area contributed by atoms with Gasteiger partial charge in [-0.2, -0.15) is 5.26 Å². The van der Waals surface area contributed by atoms with Gasteiger partial charge in [0.25, 0.3) is 5.91 Å². The number of nitrogens with one attached hydrogen (secondary N) is 2. The van der Waals surface area contributed by atoms with Gasteiger partial charge in [-0.15, -0.1) is 0 Å². The number of hydrogen-bond acceptors (Lipinski definition) is 4. The first-order valence-corrected chi connectivity index (χ1v) is 7.15. The zero-order valence-electron chi connectivity index (χ0n) is 11.4. The maximum Gasteiger partial charge on any atom is 0.270 e. The minimum Gasteiger partial charge on any atom is -0.346 e. The van der Waals surface area contributed by atoms with Gasteiger partial charge in [-0.05, 0) is 37.4 Å². The summed E-state index contributed by atoms with van der Waals surface area (Å²) in [6, 6.07) is 6.16. The van der Waals surface area contributed by atoms with Crippen LogP contribution in [-0.4, -0.2) is 33.9 Å². The Kier molecular flexibility index (Phi) is 2.69. The maximum absolute atomic E-state index is 12.3. The summed E-state index contributed by atoms with van der Waals surface area (Å²) in [5, 5.41) is 15.4. The predicted molar refractivity (Wildman–Crippen MR) is 75.7 cm³/mol. The van der Waals surface area contributed by atoms with Crippen LogP contribution in [0, 0.1) is 17.2 Å². The summed E-state index contributed by atoms with van der Waals surface area (Å²) >= 11 is 0. The van der Waals surface area contributed by atoms with E-state index in [4.69, 9.17) is 5.26 Å². The fraction of sp³-hybridized carbons (Fsp3) is 0.400. The van der Waals surface area contributed by atoms with Crippen molar-refractivity contribution >= 4 is 11.4 Å². The van der Waals surface area contributed by atoms with Crippen molar-refractivity contribution in [2.45, 2.75) is 24.9 Å². The first-order chi connectivity index (χ1) is 10.2. The summed E-state index contributed by atoms with van der Waals surface area (Å²) < 4.78 is 1.74. The van der Waals surface area contributed by atoms with Crippen LogP contribution >= 0.6 is 0 Å². The van der Waals surface area contributed by atoms with E-state index in [2.05, 4.69) is 21.7 Å². The molecule has 2 bridgehead atoms. The minimum atomic E-state index is -0.142. The molecule has 2 fully saturated rings. The van der Waals surface area contributed by atoms with Crippen molar-refractivity contribution in [3.05, 3.63) is 35.9 Å². The first-order valence-electron chi connectivity index (χ1n) is 7.15. The second kappa shape index (κ2) is 4.57. The summed E-state index contributed by atoms with van der Waals surface area (Å²) in [5.74, 6) is 0.552. The third-order valence-electron chi connectivity index (χ3n) is 4.49. The van der Waals surface area contributed by atoms with Gasteiger partial charge in [0.15, 0.2) is 0 Å². The zero-order chi connectivity index (χ0) is 14.4. The molecule has 4 rings (SSSR count). The Morgan fingerprint density at radius 3 is 3.10 bits per heavy atom. The van der Waals surface area contributed by atoms with Crippen molar-refractivity contribution in [1.82, 2.24) is 20.0 Å². The minimum absolute atomic E-state index is 0.142. The number of fused-ring (bicyclic) bond motifs is 3. The van der Waals surface area contributed by atoms with Crippen LogP contribution in [0.2, 0.25) is 0 Å². The van der Waals surface area contributed by atoms with Crippen molar-refractivity contribution < 1.29 is 4.79 Å². The highest BCUT2D eigenvalue weighted by Crippen LogP contribution is 2.31. The van der Waals surface area contributed by atoms with Crippen molar-refractivity contribution in [3.63, 3.8) is 0 Å². The Morgan fingerprint density at radius 1 is 1.48 bits per heavy atom. The van der Waals surface area contributed by atoms with E-state index in [1.165, 1.54) is 0 Å². The summed E-state index contributed by atoms with van der Waals surface area (Å²) in [5.41, 5.74) is 1.76. The highest BCUT2D eigenvalue weighted by molar-refractivity contribution is 5.93. The molecule has 2 N–H and O–H groups in total. The molecule has 0 spiro atoms. The predicted octanol–water partition coefficient (Wildman–Crippen LogP) is 0.686. The van der Waals surface area contributed by atoms with Crippen molar-refractivity contribution in [2.75, 3.05) is 6.54 Å².